The summed E-state index contributed by atoms with van der Waals surface area (Å²) in [5, 5.41) is 12.2. The molecule has 1 aliphatic rings. The summed E-state index contributed by atoms with van der Waals surface area (Å²) in [5.41, 5.74) is 0. The Morgan fingerprint density at radius 2 is 2.31 bits per heavy atom. The molecule has 1 atom stereocenters. The number of rotatable bonds is 4. The molecule has 4 heteroatoms. The zero-order valence-corrected chi connectivity index (χ0v) is 8.29. The van der Waals surface area contributed by atoms with Crippen molar-refractivity contribution in [3.63, 3.8) is 0 Å². The maximum Gasteiger partial charge on any atom is 0.317 e. The number of urea groups is 1. The lowest BCUT2D eigenvalue weighted by molar-refractivity contribution is 0.145. The van der Waals surface area contributed by atoms with E-state index in [2.05, 4.69) is 5.32 Å². The average molecular weight is 186 g/mol. The Balaban J connectivity index is 2.13. The van der Waals surface area contributed by atoms with Crippen LogP contribution in [0.3, 0.4) is 0 Å². The lowest BCUT2D eigenvalue weighted by Gasteiger charge is -2.17. The van der Waals surface area contributed by atoms with Gasteiger partial charge in [-0.15, -0.1) is 0 Å². The monoisotopic (exact) mass is 186 g/mol. The van der Waals surface area contributed by atoms with Crippen LogP contribution in [0.25, 0.3) is 0 Å². The highest BCUT2D eigenvalue weighted by atomic mass is 16.3. The van der Waals surface area contributed by atoms with Crippen LogP contribution in [-0.2, 0) is 0 Å². The van der Waals surface area contributed by atoms with Crippen molar-refractivity contribution in [2.45, 2.75) is 25.9 Å². The molecule has 0 aromatic rings. The fourth-order valence-corrected chi connectivity index (χ4v) is 1.12. The van der Waals surface area contributed by atoms with E-state index in [-0.39, 0.29) is 12.1 Å². The first-order valence-electron chi connectivity index (χ1n) is 4.82. The Kier molecular flexibility index (Phi) is 3.54. The minimum atomic E-state index is -0.353. The van der Waals surface area contributed by atoms with E-state index in [4.69, 9.17) is 0 Å². The van der Waals surface area contributed by atoms with Crippen LogP contribution in [0, 0.1) is 5.92 Å². The van der Waals surface area contributed by atoms with E-state index >= 15 is 0 Å². The van der Waals surface area contributed by atoms with Crippen molar-refractivity contribution < 1.29 is 9.90 Å². The molecule has 0 radical (unpaired) electrons. The third-order valence-electron chi connectivity index (χ3n) is 2.45. The highest BCUT2D eigenvalue weighted by molar-refractivity contribution is 5.73. The Bertz CT molecular complexity index is 180. The molecule has 4 nitrogen and oxygen atoms in total. The van der Waals surface area contributed by atoms with Crippen LogP contribution in [0.15, 0.2) is 0 Å². The fourth-order valence-electron chi connectivity index (χ4n) is 1.12. The second-order valence-corrected chi connectivity index (χ2v) is 3.61. The largest absolute Gasteiger partial charge is 0.391 e. The third kappa shape index (κ3) is 3.22. The minimum Gasteiger partial charge on any atom is -0.391 e. The maximum atomic E-state index is 11.2. The molecule has 1 saturated carbocycles. The number of amides is 2. The first kappa shape index (κ1) is 10.3. The zero-order valence-electron chi connectivity index (χ0n) is 8.29. The molecule has 76 valence electrons. The van der Waals surface area contributed by atoms with Crippen molar-refractivity contribution in [2.75, 3.05) is 20.1 Å². The van der Waals surface area contributed by atoms with Crippen molar-refractivity contribution >= 4 is 6.03 Å². The van der Waals surface area contributed by atoms with Gasteiger partial charge in [0.05, 0.1) is 6.10 Å². The molecule has 1 aliphatic carbocycles. The topological polar surface area (TPSA) is 52.6 Å². The number of nitrogens with zero attached hydrogens (tertiary/aromatic N) is 1. The zero-order chi connectivity index (χ0) is 9.84. The lowest BCUT2D eigenvalue weighted by Crippen LogP contribution is -2.41. The standard InChI is InChI=1S/C9H18N2O2/c1-3-11(2)9(13)10-6-8(12)7-4-5-7/h7-8,12H,3-6H2,1-2H3,(H,10,13). The molecule has 1 fully saturated rings. The van der Waals surface area contributed by atoms with Gasteiger partial charge < -0.3 is 15.3 Å². The first-order chi connectivity index (χ1) is 6.15. The molecule has 0 heterocycles. The lowest BCUT2D eigenvalue weighted by atomic mass is 10.2. The summed E-state index contributed by atoms with van der Waals surface area (Å²) in [6.07, 6.45) is 1.84. The predicted octanol–water partition coefficient (Wildman–Crippen LogP) is 0.419. The van der Waals surface area contributed by atoms with Crippen LogP contribution >= 0.6 is 0 Å². The van der Waals surface area contributed by atoms with Crippen molar-refractivity contribution in [2.24, 2.45) is 5.92 Å². The Morgan fingerprint density at radius 3 is 2.77 bits per heavy atom. The van der Waals surface area contributed by atoms with Gasteiger partial charge >= 0.3 is 6.03 Å². The molecule has 0 spiro atoms. The van der Waals surface area contributed by atoms with Gasteiger partial charge in [-0.3, -0.25) is 0 Å². The van der Waals surface area contributed by atoms with Gasteiger partial charge in [0.1, 0.15) is 0 Å². The van der Waals surface area contributed by atoms with Crippen LogP contribution in [0.4, 0.5) is 4.79 Å². The minimum absolute atomic E-state index is 0.109. The summed E-state index contributed by atoms with van der Waals surface area (Å²) < 4.78 is 0. The normalized spacial score (nSPS) is 18.1. The number of carbonyl (C=O) groups excluding carboxylic acids is 1. The predicted molar refractivity (Wildman–Crippen MR) is 50.4 cm³/mol. The second-order valence-electron chi connectivity index (χ2n) is 3.61. The van der Waals surface area contributed by atoms with Crippen LogP contribution in [-0.4, -0.2) is 42.3 Å². The van der Waals surface area contributed by atoms with Gasteiger partial charge in [-0.05, 0) is 25.7 Å². The number of carbonyl (C=O) groups is 1. The molecule has 0 aromatic heterocycles. The van der Waals surface area contributed by atoms with Gasteiger partial charge in [0, 0.05) is 20.1 Å². The van der Waals surface area contributed by atoms with E-state index < -0.39 is 0 Å². The van der Waals surface area contributed by atoms with Gasteiger partial charge in [-0.2, -0.15) is 0 Å². The third-order valence-corrected chi connectivity index (χ3v) is 2.45. The van der Waals surface area contributed by atoms with Gasteiger partial charge in [0.25, 0.3) is 0 Å². The van der Waals surface area contributed by atoms with Crippen LogP contribution in [0.1, 0.15) is 19.8 Å². The van der Waals surface area contributed by atoms with Gasteiger partial charge in [0.2, 0.25) is 0 Å². The molecular formula is C9H18N2O2. The summed E-state index contributed by atoms with van der Waals surface area (Å²) in [6.45, 7) is 2.98. The molecule has 2 N–H and O–H groups in total. The summed E-state index contributed by atoms with van der Waals surface area (Å²) >= 11 is 0. The van der Waals surface area contributed by atoms with Crippen molar-refractivity contribution in [1.82, 2.24) is 10.2 Å². The van der Waals surface area contributed by atoms with E-state index in [1.165, 1.54) is 0 Å². The summed E-state index contributed by atoms with van der Waals surface area (Å²) in [4.78, 5) is 12.8. The fraction of sp³-hybridized carbons (Fsp3) is 0.889. The number of hydrogen-bond donors (Lipinski definition) is 2. The SMILES string of the molecule is CCN(C)C(=O)NCC(O)C1CC1. The molecule has 1 unspecified atom stereocenters. The molecule has 13 heavy (non-hydrogen) atoms. The number of hydrogen-bond acceptors (Lipinski definition) is 2. The number of aliphatic hydroxyl groups excluding tert-OH is 1. The summed E-state index contributed by atoms with van der Waals surface area (Å²) in [5.74, 6) is 0.423. The highest BCUT2D eigenvalue weighted by Crippen LogP contribution is 2.32. The van der Waals surface area contributed by atoms with E-state index in [9.17, 15) is 9.90 Å². The summed E-state index contributed by atoms with van der Waals surface area (Å²) in [7, 11) is 1.73. The highest BCUT2D eigenvalue weighted by Gasteiger charge is 2.29. The van der Waals surface area contributed by atoms with Gasteiger partial charge in [-0.1, -0.05) is 0 Å². The first-order valence-corrected chi connectivity index (χ1v) is 4.82. The molecular weight excluding hydrogens is 168 g/mol. The van der Waals surface area contributed by atoms with E-state index in [0.29, 0.717) is 19.0 Å². The summed E-state index contributed by atoms with van der Waals surface area (Å²) in [6, 6.07) is -0.109. The molecule has 0 aromatic carbocycles. The van der Waals surface area contributed by atoms with Crippen LogP contribution in [0.5, 0.6) is 0 Å². The Labute approximate surface area is 78.9 Å². The Morgan fingerprint density at radius 1 is 1.69 bits per heavy atom. The van der Waals surface area contributed by atoms with E-state index in [1.54, 1.807) is 11.9 Å². The van der Waals surface area contributed by atoms with E-state index in [1.807, 2.05) is 6.92 Å². The molecule has 2 amide bonds. The number of nitrogens with one attached hydrogen (secondary N) is 1. The molecule has 0 aliphatic heterocycles. The smallest absolute Gasteiger partial charge is 0.317 e. The van der Waals surface area contributed by atoms with Gasteiger partial charge in [-0.25, -0.2) is 4.79 Å². The van der Waals surface area contributed by atoms with Gasteiger partial charge in [0.15, 0.2) is 0 Å². The Hall–Kier alpha value is -0.770. The molecule has 0 saturated heterocycles. The van der Waals surface area contributed by atoms with Crippen LogP contribution < -0.4 is 5.32 Å². The van der Waals surface area contributed by atoms with Crippen molar-refractivity contribution in [1.29, 1.82) is 0 Å². The van der Waals surface area contributed by atoms with Crippen LogP contribution in [0.2, 0.25) is 0 Å². The molecule has 0 bridgehead atoms. The average Bonchev–Trinajstić information content (AvgIpc) is 2.95. The maximum absolute atomic E-state index is 11.2. The van der Waals surface area contributed by atoms with Crippen molar-refractivity contribution in [3.05, 3.63) is 0 Å². The second kappa shape index (κ2) is 4.46. The van der Waals surface area contributed by atoms with E-state index in [0.717, 1.165) is 12.8 Å². The quantitative estimate of drug-likeness (QED) is 0.668. The molecule has 1 rings (SSSR count). The number of aliphatic hydroxyl groups is 1. The van der Waals surface area contributed by atoms with Crippen molar-refractivity contribution in [3.8, 4) is 0 Å².